The number of methoxy groups -OCH3 is 1. The van der Waals surface area contributed by atoms with Gasteiger partial charge in [0.05, 0.1) is 11.6 Å². The monoisotopic (exact) mass is 538 g/mol. The highest BCUT2D eigenvalue weighted by Crippen LogP contribution is 2.23. The van der Waals surface area contributed by atoms with Crippen LogP contribution >= 0.6 is 0 Å². The lowest BCUT2D eigenvalue weighted by atomic mass is 10.1. The number of hydrogen-bond donors (Lipinski definition) is 3. The summed E-state index contributed by atoms with van der Waals surface area (Å²) in [6.07, 6.45) is 5.50. The minimum absolute atomic E-state index is 0.0259. The van der Waals surface area contributed by atoms with E-state index < -0.39 is 17.8 Å². The van der Waals surface area contributed by atoms with E-state index in [0.29, 0.717) is 42.1 Å². The molecule has 0 spiro atoms. The van der Waals surface area contributed by atoms with E-state index in [9.17, 15) is 14.3 Å². The van der Waals surface area contributed by atoms with Crippen molar-refractivity contribution in [3.8, 4) is 0 Å². The molecular formula is C29H39FN6O3. The molecule has 39 heavy (non-hydrogen) atoms. The van der Waals surface area contributed by atoms with Crippen molar-refractivity contribution >= 4 is 28.5 Å². The average Bonchev–Trinajstić information content (AvgIpc) is 2.92. The van der Waals surface area contributed by atoms with Gasteiger partial charge in [0.2, 0.25) is 0 Å². The molecular weight excluding hydrogens is 499 g/mol. The van der Waals surface area contributed by atoms with E-state index in [-0.39, 0.29) is 6.10 Å². The van der Waals surface area contributed by atoms with E-state index in [4.69, 9.17) is 9.72 Å². The first-order chi connectivity index (χ1) is 18.8. The van der Waals surface area contributed by atoms with Crippen LogP contribution in [0.3, 0.4) is 0 Å². The van der Waals surface area contributed by atoms with Gasteiger partial charge in [-0.2, -0.15) is 0 Å². The summed E-state index contributed by atoms with van der Waals surface area (Å²) in [5, 5.41) is 17.0. The Balaban J connectivity index is 1.35. The zero-order valence-electron chi connectivity index (χ0n) is 23.0. The summed E-state index contributed by atoms with van der Waals surface area (Å²) in [4.78, 5) is 27.9. The number of aromatic nitrogens is 3. The van der Waals surface area contributed by atoms with Gasteiger partial charge >= 0.3 is 5.97 Å². The molecule has 0 aliphatic carbocycles. The van der Waals surface area contributed by atoms with Crippen LogP contribution in [0.15, 0.2) is 30.3 Å². The predicted octanol–water partition coefficient (Wildman–Crippen LogP) is 4.45. The molecule has 4 rings (SSSR count). The van der Waals surface area contributed by atoms with E-state index in [0.717, 1.165) is 56.7 Å². The van der Waals surface area contributed by atoms with Gasteiger partial charge in [-0.1, -0.05) is 6.07 Å². The minimum atomic E-state index is -0.964. The number of hydrogen-bond acceptors (Lipinski definition) is 8. The zero-order chi connectivity index (χ0) is 27.8. The van der Waals surface area contributed by atoms with E-state index in [1.54, 1.807) is 20.1 Å². The molecule has 0 radical (unpaired) electrons. The van der Waals surface area contributed by atoms with Gasteiger partial charge in [-0.05, 0) is 82.7 Å². The zero-order valence-corrected chi connectivity index (χ0v) is 23.0. The molecule has 0 saturated carbocycles. The lowest BCUT2D eigenvalue weighted by Crippen LogP contribution is -2.38. The molecule has 0 saturated heterocycles. The maximum absolute atomic E-state index is 13.7. The Morgan fingerprint density at radius 3 is 2.85 bits per heavy atom. The average molecular weight is 539 g/mol. The van der Waals surface area contributed by atoms with Crippen molar-refractivity contribution in [3.63, 3.8) is 0 Å². The third-order valence-corrected chi connectivity index (χ3v) is 7.14. The second kappa shape index (κ2) is 13.6. The first kappa shape index (κ1) is 28.6. The number of anilines is 2. The van der Waals surface area contributed by atoms with Crippen LogP contribution in [0.25, 0.3) is 10.9 Å². The summed E-state index contributed by atoms with van der Waals surface area (Å²) in [5.41, 5.74) is 2.83. The number of carbonyl (C=O) groups is 1. The Hall–Kier alpha value is -3.37. The summed E-state index contributed by atoms with van der Waals surface area (Å²) in [5.74, 6) is 0.503. The van der Waals surface area contributed by atoms with Crippen LogP contribution in [-0.4, -0.2) is 76.4 Å². The number of pyridine rings is 1. The number of rotatable bonds is 14. The molecule has 0 bridgehead atoms. The van der Waals surface area contributed by atoms with Gasteiger partial charge in [0.15, 0.2) is 0 Å². The van der Waals surface area contributed by atoms with E-state index in [1.165, 1.54) is 17.7 Å². The van der Waals surface area contributed by atoms with Gasteiger partial charge in [-0.25, -0.2) is 24.1 Å². The molecule has 3 N–H and O–H groups in total. The number of nitrogens with one attached hydrogen (secondary N) is 2. The summed E-state index contributed by atoms with van der Waals surface area (Å²) in [7, 11) is 1.69. The van der Waals surface area contributed by atoms with Gasteiger partial charge < -0.3 is 25.4 Å². The van der Waals surface area contributed by atoms with Gasteiger partial charge in [-0.3, -0.25) is 0 Å². The molecule has 2 aromatic heterocycles. The standard InChI is InChI=1S/C29H39FN6O3/c1-19(39-3)18-36(15-5-4-8-23-11-9-21-7-6-14-31-27(21)34-23)16-13-25(29(37)38)35-28-24-12-10-22(30)17-26(24)32-20(2)33-28/h9-12,17,19,25H,4-8,13-16,18H2,1-3H3,(H,31,34)(H,37,38)(H,32,33,35)/t19-,25+/m1/s1. The van der Waals surface area contributed by atoms with Crippen LogP contribution in [0, 0.1) is 12.7 Å². The molecule has 1 aromatic carbocycles. The maximum Gasteiger partial charge on any atom is 0.326 e. The largest absolute Gasteiger partial charge is 0.480 e. The number of carboxylic acid groups (broad SMARTS) is 1. The number of nitrogens with zero attached hydrogens (tertiary/aromatic N) is 4. The number of halogens is 1. The van der Waals surface area contributed by atoms with E-state index in [1.807, 2.05) is 6.92 Å². The van der Waals surface area contributed by atoms with Crippen molar-refractivity contribution in [2.75, 3.05) is 43.9 Å². The molecule has 9 nitrogen and oxygen atoms in total. The number of ether oxygens (including phenoxy) is 1. The molecule has 1 aliphatic rings. The minimum Gasteiger partial charge on any atom is -0.480 e. The molecule has 1 aliphatic heterocycles. The van der Waals surface area contributed by atoms with Gasteiger partial charge in [0.1, 0.15) is 29.3 Å². The fourth-order valence-electron chi connectivity index (χ4n) is 4.95. The second-order valence-electron chi connectivity index (χ2n) is 10.2. The van der Waals surface area contributed by atoms with Gasteiger partial charge in [0, 0.05) is 43.9 Å². The second-order valence-corrected chi connectivity index (χ2v) is 10.2. The number of unbranched alkanes of at least 4 members (excludes halogenated alkanes) is 1. The van der Waals surface area contributed by atoms with Crippen LogP contribution in [0.4, 0.5) is 16.0 Å². The van der Waals surface area contributed by atoms with Crippen molar-refractivity contribution in [1.82, 2.24) is 19.9 Å². The molecule has 0 fully saturated rings. The maximum atomic E-state index is 13.7. The van der Waals surface area contributed by atoms with Gasteiger partial charge in [-0.15, -0.1) is 0 Å². The molecule has 10 heteroatoms. The molecule has 210 valence electrons. The van der Waals surface area contributed by atoms with Crippen LogP contribution in [0.2, 0.25) is 0 Å². The van der Waals surface area contributed by atoms with E-state index >= 15 is 0 Å². The molecule has 3 aromatic rings. The van der Waals surface area contributed by atoms with Crippen molar-refractivity contribution in [2.24, 2.45) is 0 Å². The Bertz CT molecular complexity index is 1270. The Morgan fingerprint density at radius 2 is 2.05 bits per heavy atom. The first-order valence-electron chi connectivity index (χ1n) is 13.7. The van der Waals surface area contributed by atoms with Crippen molar-refractivity contribution in [2.45, 2.75) is 64.5 Å². The highest BCUT2D eigenvalue weighted by atomic mass is 19.1. The van der Waals surface area contributed by atoms with Crippen molar-refractivity contribution in [3.05, 3.63) is 53.2 Å². The number of carboxylic acids is 1. The first-order valence-corrected chi connectivity index (χ1v) is 13.7. The molecule has 0 amide bonds. The van der Waals surface area contributed by atoms with E-state index in [2.05, 4.69) is 37.6 Å². The third-order valence-electron chi connectivity index (χ3n) is 7.14. The third kappa shape index (κ3) is 8.06. The summed E-state index contributed by atoms with van der Waals surface area (Å²) in [6.45, 7) is 6.81. The molecule has 2 atom stereocenters. The fourth-order valence-corrected chi connectivity index (χ4v) is 4.95. The fraction of sp³-hybridized carbons (Fsp3) is 0.517. The van der Waals surface area contributed by atoms with Crippen LogP contribution < -0.4 is 10.6 Å². The predicted molar refractivity (Wildman–Crippen MR) is 151 cm³/mol. The lowest BCUT2D eigenvalue weighted by Gasteiger charge is -2.27. The number of benzene rings is 1. The Labute approximate surface area is 229 Å². The number of aliphatic carboxylic acids is 1. The van der Waals surface area contributed by atoms with Crippen molar-refractivity contribution in [1.29, 1.82) is 0 Å². The topological polar surface area (TPSA) is 113 Å². The lowest BCUT2D eigenvalue weighted by molar-refractivity contribution is -0.138. The van der Waals surface area contributed by atoms with Crippen LogP contribution in [0.5, 0.6) is 0 Å². The van der Waals surface area contributed by atoms with Crippen molar-refractivity contribution < 1.29 is 19.0 Å². The molecule has 0 unspecified atom stereocenters. The summed E-state index contributed by atoms with van der Waals surface area (Å²) in [6, 6.07) is 7.69. The highest BCUT2D eigenvalue weighted by molar-refractivity contribution is 5.91. The number of aryl methyl sites for hydroxylation is 3. The summed E-state index contributed by atoms with van der Waals surface area (Å²) >= 11 is 0. The Morgan fingerprint density at radius 1 is 1.21 bits per heavy atom. The van der Waals surface area contributed by atoms with Crippen LogP contribution in [0.1, 0.15) is 49.7 Å². The van der Waals surface area contributed by atoms with Gasteiger partial charge in [0.25, 0.3) is 0 Å². The molecule has 3 heterocycles. The Kier molecular flexibility index (Phi) is 10.00. The number of fused-ring (bicyclic) bond motifs is 2. The normalized spacial score (nSPS) is 14.6. The smallest absolute Gasteiger partial charge is 0.326 e. The highest BCUT2D eigenvalue weighted by Gasteiger charge is 2.22. The van der Waals surface area contributed by atoms with Crippen LogP contribution in [-0.2, 0) is 22.4 Å². The quantitative estimate of drug-likeness (QED) is 0.256. The summed E-state index contributed by atoms with van der Waals surface area (Å²) < 4.78 is 19.2. The SMILES string of the molecule is CO[C@H](C)CN(CCCCc1ccc2c(n1)NCCC2)CC[C@H](Nc1nc(C)nc2cc(F)ccc12)C(=O)O.